The fraction of sp³-hybridized carbons (Fsp3) is 0.294. The molecule has 108 valence electrons. The van der Waals surface area contributed by atoms with Crippen LogP contribution < -0.4 is 10.2 Å². The maximum Gasteiger partial charge on any atom is 0.261 e. The lowest BCUT2D eigenvalue weighted by Gasteiger charge is -2.19. The number of fused-ring (bicyclic) bond motifs is 1. The van der Waals surface area contributed by atoms with Crippen molar-refractivity contribution in [3.05, 3.63) is 53.9 Å². The zero-order valence-corrected chi connectivity index (χ0v) is 12.2. The van der Waals surface area contributed by atoms with Crippen molar-refractivity contribution >= 4 is 17.3 Å². The predicted molar refractivity (Wildman–Crippen MR) is 84.8 cm³/mol. The number of benzene rings is 1. The van der Waals surface area contributed by atoms with Crippen LogP contribution in [-0.2, 0) is 6.42 Å². The highest BCUT2D eigenvalue weighted by atomic mass is 16.2. The van der Waals surface area contributed by atoms with Crippen molar-refractivity contribution in [2.75, 3.05) is 23.3 Å². The highest BCUT2D eigenvalue weighted by Gasteiger charge is 2.26. The smallest absolute Gasteiger partial charge is 0.261 e. The maximum absolute atomic E-state index is 12.8. The number of para-hydroxylation sites is 1. The summed E-state index contributed by atoms with van der Waals surface area (Å²) in [5.74, 6) is 0.0200. The van der Waals surface area contributed by atoms with Gasteiger partial charge in [0, 0.05) is 31.2 Å². The number of rotatable bonds is 4. The maximum atomic E-state index is 12.8. The Morgan fingerprint density at radius 3 is 3.05 bits per heavy atom. The van der Waals surface area contributed by atoms with E-state index >= 15 is 0 Å². The zero-order valence-electron chi connectivity index (χ0n) is 12.2. The minimum atomic E-state index is 0.0200. The third kappa shape index (κ3) is 2.61. The van der Waals surface area contributed by atoms with Gasteiger partial charge in [-0.25, -0.2) is 0 Å². The van der Waals surface area contributed by atoms with Crippen LogP contribution >= 0.6 is 0 Å². The molecular weight excluding hydrogens is 262 g/mol. The molecule has 0 saturated carbocycles. The molecule has 1 aliphatic rings. The second kappa shape index (κ2) is 5.95. The minimum absolute atomic E-state index is 0.0200. The summed E-state index contributed by atoms with van der Waals surface area (Å²) in [6.45, 7) is 3.69. The number of hydrogen-bond donors (Lipinski definition) is 1. The predicted octanol–water partition coefficient (Wildman–Crippen LogP) is 3.11. The largest absolute Gasteiger partial charge is 0.384 e. The topological polar surface area (TPSA) is 45.2 Å². The molecule has 3 rings (SSSR count). The molecule has 1 aromatic carbocycles. The highest BCUT2D eigenvalue weighted by Crippen LogP contribution is 2.30. The second-order valence-electron chi connectivity index (χ2n) is 5.18. The molecule has 0 atom stereocenters. The molecular formula is C17H19N3O. The van der Waals surface area contributed by atoms with Crippen molar-refractivity contribution in [1.29, 1.82) is 0 Å². The molecule has 2 aromatic rings. The van der Waals surface area contributed by atoms with E-state index in [1.807, 2.05) is 29.2 Å². The first-order valence-electron chi connectivity index (χ1n) is 7.39. The van der Waals surface area contributed by atoms with E-state index in [1.165, 1.54) is 5.56 Å². The van der Waals surface area contributed by atoms with Crippen LogP contribution in [0.5, 0.6) is 0 Å². The van der Waals surface area contributed by atoms with E-state index in [1.54, 1.807) is 12.4 Å². The Morgan fingerprint density at radius 1 is 1.33 bits per heavy atom. The van der Waals surface area contributed by atoms with Crippen molar-refractivity contribution in [1.82, 2.24) is 4.98 Å². The first-order valence-corrected chi connectivity index (χ1v) is 7.39. The van der Waals surface area contributed by atoms with Gasteiger partial charge >= 0.3 is 0 Å². The van der Waals surface area contributed by atoms with Crippen LogP contribution in [-0.4, -0.2) is 24.0 Å². The average molecular weight is 281 g/mol. The van der Waals surface area contributed by atoms with Gasteiger partial charge in [-0.15, -0.1) is 0 Å². The lowest BCUT2D eigenvalue weighted by atomic mass is 10.1. The Balaban J connectivity index is 1.90. The number of pyridine rings is 1. The molecule has 0 fully saturated rings. The summed E-state index contributed by atoms with van der Waals surface area (Å²) in [6, 6.07) is 9.96. The van der Waals surface area contributed by atoms with Crippen molar-refractivity contribution in [3.8, 4) is 0 Å². The lowest BCUT2D eigenvalue weighted by molar-refractivity contribution is 0.0990. The van der Waals surface area contributed by atoms with Crippen LogP contribution in [0.25, 0.3) is 0 Å². The molecule has 0 bridgehead atoms. The molecule has 0 saturated heterocycles. The third-order valence-corrected chi connectivity index (χ3v) is 3.75. The molecule has 0 radical (unpaired) electrons. The summed E-state index contributed by atoms with van der Waals surface area (Å²) >= 11 is 0. The van der Waals surface area contributed by atoms with Gasteiger partial charge in [-0.05, 0) is 30.5 Å². The Morgan fingerprint density at radius 2 is 2.19 bits per heavy atom. The van der Waals surface area contributed by atoms with E-state index in [-0.39, 0.29) is 5.91 Å². The summed E-state index contributed by atoms with van der Waals surface area (Å²) in [7, 11) is 0. The molecule has 21 heavy (non-hydrogen) atoms. The molecule has 0 aliphatic carbocycles. The van der Waals surface area contributed by atoms with Crippen LogP contribution in [0.2, 0.25) is 0 Å². The quantitative estimate of drug-likeness (QED) is 0.936. The number of anilines is 2. The van der Waals surface area contributed by atoms with Gasteiger partial charge in [0.1, 0.15) is 0 Å². The molecule has 1 aromatic heterocycles. The first-order chi connectivity index (χ1) is 10.3. The molecule has 0 unspecified atom stereocenters. The molecule has 4 heteroatoms. The minimum Gasteiger partial charge on any atom is -0.384 e. The number of amides is 1. The van der Waals surface area contributed by atoms with Crippen LogP contribution in [0.3, 0.4) is 0 Å². The molecule has 1 amide bonds. The number of carbonyl (C=O) groups excluding carboxylic acids is 1. The second-order valence-corrected chi connectivity index (χ2v) is 5.18. The lowest BCUT2D eigenvalue weighted by Crippen LogP contribution is -2.29. The zero-order chi connectivity index (χ0) is 14.7. The first kappa shape index (κ1) is 13.6. The average Bonchev–Trinajstić information content (AvgIpc) is 2.96. The molecule has 0 spiro atoms. The Labute approximate surface area is 124 Å². The third-order valence-electron chi connectivity index (χ3n) is 3.75. The van der Waals surface area contributed by atoms with E-state index < -0.39 is 0 Å². The van der Waals surface area contributed by atoms with Crippen molar-refractivity contribution in [2.24, 2.45) is 0 Å². The standard InChI is InChI=1S/C17H19N3O/c1-2-9-19-15-7-10-18-12-14(15)17(21)20-11-8-13-5-3-4-6-16(13)20/h3-7,10,12H,2,8-9,11H2,1H3,(H,18,19). The van der Waals surface area contributed by atoms with Gasteiger partial charge in [0.05, 0.1) is 11.3 Å². The fourth-order valence-corrected chi connectivity index (χ4v) is 2.67. The van der Waals surface area contributed by atoms with Gasteiger partial charge in [0.2, 0.25) is 0 Å². The van der Waals surface area contributed by atoms with Crippen LogP contribution in [0.4, 0.5) is 11.4 Å². The number of aromatic nitrogens is 1. The van der Waals surface area contributed by atoms with Gasteiger partial charge < -0.3 is 10.2 Å². The molecule has 1 N–H and O–H groups in total. The molecule has 4 nitrogen and oxygen atoms in total. The van der Waals surface area contributed by atoms with Crippen molar-refractivity contribution in [3.63, 3.8) is 0 Å². The molecule has 1 aliphatic heterocycles. The number of nitrogens with one attached hydrogen (secondary N) is 1. The van der Waals surface area contributed by atoms with E-state index in [0.29, 0.717) is 5.56 Å². The van der Waals surface area contributed by atoms with E-state index in [2.05, 4.69) is 23.3 Å². The van der Waals surface area contributed by atoms with E-state index in [4.69, 9.17) is 0 Å². The summed E-state index contributed by atoms with van der Waals surface area (Å²) < 4.78 is 0. The van der Waals surface area contributed by atoms with Crippen LogP contribution in [0.1, 0.15) is 29.3 Å². The summed E-state index contributed by atoms with van der Waals surface area (Å²) in [6.07, 6.45) is 5.30. The van der Waals surface area contributed by atoms with Gasteiger partial charge in [0.15, 0.2) is 0 Å². The normalized spacial score (nSPS) is 13.1. The van der Waals surface area contributed by atoms with Gasteiger partial charge in [0.25, 0.3) is 5.91 Å². The van der Waals surface area contributed by atoms with Crippen LogP contribution in [0, 0.1) is 0 Å². The van der Waals surface area contributed by atoms with Crippen LogP contribution in [0.15, 0.2) is 42.7 Å². The van der Waals surface area contributed by atoms with Gasteiger partial charge in [-0.3, -0.25) is 9.78 Å². The van der Waals surface area contributed by atoms with E-state index in [9.17, 15) is 4.79 Å². The van der Waals surface area contributed by atoms with Gasteiger partial charge in [-0.2, -0.15) is 0 Å². The monoisotopic (exact) mass is 281 g/mol. The van der Waals surface area contributed by atoms with Crippen molar-refractivity contribution in [2.45, 2.75) is 19.8 Å². The van der Waals surface area contributed by atoms with E-state index in [0.717, 1.165) is 37.3 Å². The molecule has 2 heterocycles. The Bertz CT molecular complexity index is 654. The fourth-order valence-electron chi connectivity index (χ4n) is 2.67. The highest BCUT2D eigenvalue weighted by molar-refractivity contribution is 6.10. The summed E-state index contributed by atoms with van der Waals surface area (Å²) in [5.41, 5.74) is 3.76. The van der Waals surface area contributed by atoms with Gasteiger partial charge in [-0.1, -0.05) is 25.1 Å². The Kier molecular flexibility index (Phi) is 3.86. The number of carbonyl (C=O) groups is 1. The number of hydrogen-bond acceptors (Lipinski definition) is 3. The SMILES string of the molecule is CCCNc1ccncc1C(=O)N1CCc2ccccc21. The van der Waals surface area contributed by atoms with Crippen molar-refractivity contribution < 1.29 is 4.79 Å². The number of nitrogens with zero attached hydrogens (tertiary/aromatic N) is 2. The summed E-state index contributed by atoms with van der Waals surface area (Å²) in [4.78, 5) is 18.8. The summed E-state index contributed by atoms with van der Waals surface area (Å²) in [5, 5.41) is 3.30. The Hall–Kier alpha value is -2.36.